The number of aliphatic hydroxyl groups is 2. The highest BCUT2D eigenvalue weighted by atomic mass is 35.5. The number of carbonyl (C=O) groups excluding carboxylic acids is 9. The third-order valence-corrected chi connectivity index (χ3v) is 27.3. The predicted octanol–water partition coefficient (Wildman–Crippen LogP) is 7.15. The van der Waals surface area contributed by atoms with Crippen LogP contribution < -0.4 is 43.0 Å². The van der Waals surface area contributed by atoms with Gasteiger partial charge < -0.3 is 68.1 Å². The minimum absolute atomic E-state index is 0. The average molecular weight is 1530 g/mol. The van der Waals surface area contributed by atoms with Gasteiger partial charge in [0.1, 0.15) is 35.9 Å². The number of rotatable bonds is 25. The van der Waals surface area contributed by atoms with Gasteiger partial charge in [-0.2, -0.15) is 0 Å². The summed E-state index contributed by atoms with van der Waals surface area (Å²) >= 11 is 0. The maximum atomic E-state index is 15.0. The maximum absolute atomic E-state index is 15.0. The van der Waals surface area contributed by atoms with Crippen molar-refractivity contribution in [1.82, 2.24) is 67.0 Å². The van der Waals surface area contributed by atoms with E-state index in [1.54, 1.807) is 9.80 Å². The van der Waals surface area contributed by atoms with E-state index in [4.69, 9.17) is 10.8 Å². The second-order valence-corrected chi connectivity index (χ2v) is 36.3. The molecule has 0 radical (unpaired) electrons. The number of hydrogen-bond donors (Lipinski definition) is 11. The van der Waals surface area contributed by atoms with Gasteiger partial charge >= 0.3 is 5.97 Å². The lowest BCUT2D eigenvalue weighted by molar-refractivity contribution is -0.145. The molecule has 12 N–H and O–H groups in total. The minimum Gasteiger partial charge on any atom is -0.476 e. The van der Waals surface area contributed by atoms with Crippen LogP contribution in [0.5, 0.6) is 0 Å². The summed E-state index contributed by atoms with van der Waals surface area (Å²) in [6, 6.07) is -6.42. The number of hydrogen-bond acceptors (Lipinski definition) is 17. The molecule has 6 unspecified atom stereocenters. The summed E-state index contributed by atoms with van der Waals surface area (Å²) < 4.78 is 0. The summed E-state index contributed by atoms with van der Waals surface area (Å²) in [5.41, 5.74) is 4.76. The highest BCUT2D eigenvalue weighted by Crippen LogP contribution is 2.89. The van der Waals surface area contributed by atoms with Gasteiger partial charge in [-0.05, 0) is 147 Å². The Balaban J connectivity index is 0.000000223. The molecule has 10 aliphatic rings. The molecule has 108 heavy (non-hydrogen) atoms. The molecule has 4 heterocycles. The van der Waals surface area contributed by atoms with Crippen LogP contribution in [0.25, 0.3) is 0 Å². The maximum Gasteiger partial charge on any atom is 0.356 e. The van der Waals surface area contributed by atoms with E-state index >= 15 is 4.79 Å². The van der Waals surface area contributed by atoms with Crippen LogP contribution in [0, 0.1) is 55.2 Å². The van der Waals surface area contributed by atoms with Crippen LogP contribution in [0.4, 0.5) is 0 Å². The van der Waals surface area contributed by atoms with E-state index in [0.29, 0.717) is 51.6 Å². The number of aromatic carboxylic acids is 1. The van der Waals surface area contributed by atoms with Crippen molar-refractivity contribution >= 4 is 71.5 Å². The minimum atomic E-state index is -1.41. The number of likely N-dealkylation sites (tertiary alicyclic amines) is 2. The molecule has 8 saturated carbocycles. The molecule has 9 amide bonds. The molecule has 4 spiro atoms. The number of carbonyl (C=O) groups is 10. The number of amides is 9. The Morgan fingerprint density at radius 1 is 0.509 bits per heavy atom. The summed E-state index contributed by atoms with van der Waals surface area (Å²) in [6.07, 6.45) is 28.3. The SMILES string of the molecule is CCCC(NC(=O)[C@@H]1CC2(CN1C(=O)[C@@H](NC(=O)[C@@H](N)C1CCCCC1)C(C)(C)C)C(C)(C)C21CCC1)C(O)C(=O)NC1CC1.CCCC(NC(=O)[C@@H]1CC2(CN1C(=O)[C@@H](NC(=O)[C@@H](NC(=O)c1cnccn1)C1CCCCC1)C(C)(C)C)C(C)(C)C21CCC1)C(O)C(=O)NC1CC1.Cl.O=C(O)c1cnccn1. The standard InChI is InChI=1S/C40H61N7O6.C35H59N5O5.C5H4N2O2.ClH/c1-7-12-26(30(48)35(52)43-25-15-16-25)44-33(50)28-21-40(38(5,6)39(40)17-11-18-39)23-47(28)36(53)31(37(2,3)4)46-34(51)29(24-13-9-8-10-14-24)45-32(49)27-22-41-19-20-42-27;1-7-12-23(26(41)30(44)37-22-15-16-22)38-28(42)24-19-35(33(5,6)34(35)17-11-18-34)20-40(24)31(45)27(32(2,3)4)39-29(43)25(36)21-13-9-8-10-14-21;8-5(9)4-3-6-1-2-7-4;/h19-20,22,24-26,28-31,48H,7-18,21,23H2,1-6H3,(H,43,52)(H,44,50)(H,45,49)(H,46,51);21-27,41H,7-20,36H2,1-6H3,(H,37,44)(H,38,42)(H,39,43);1-3H,(H,8,9);1H/t26?,28-,29-,30?,31+,40?;23?,24-,25-,26?,27+,35?;;/m00../s1. The van der Waals surface area contributed by atoms with Crippen molar-refractivity contribution in [1.29, 1.82) is 0 Å². The lowest BCUT2D eigenvalue weighted by atomic mass is 9.73. The molecule has 2 saturated heterocycles. The fourth-order valence-corrected chi connectivity index (χ4v) is 20.0. The van der Waals surface area contributed by atoms with Crippen molar-refractivity contribution in [2.45, 2.75) is 323 Å². The Labute approximate surface area is 643 Å². The summed E-state index contributed by atoms with van der Waals surface area (Å²) in [4.78, 5) is 154. The van der Waals surface area contributed by atoms with Crippen molar-refractivity contribution in [2.24, 2.45) is 60.9 Å². The van der Waals surface area contributed by atoms with E-state index in [1.165, 1.54) is 37.2 Å². The fraction of sp³-hybridized carbons (Fsp3) is 0.775. The largest absolute Gasteiger partial charge is 0.476 e. The second kappa shape index (κ2) is 33.9. The van der Waals surface area contributed by atoms with E-state index in [1.807, 2.05) is 55.4 Å². The van der Waals surface area contributed by atoms with Crippen LogP contribution in [0.1, 0.15) is 271 Å². The van der Waals surface area contributed by atoms with Gasteiger partial charge in [-0.3, -0.25) is 53.1 Å². The van der Waals surface area contributed by atoms with Crippen molar-refractivity contribution in [2.75, 3.05) is 13.1 Å². The first-order valence-electron chi connectivity index (χ1n) is 40.1. The number of aliphatic hydroxyl groups excluding tert-OH is 2. The number of nitrogens with zero attached hydrogens (tertiary/aromatic N) is 6. The highest BCUT2D eigenvalue weighted by molar-refractivity contribution is 5.99. The van der Waals surface area contributed by atoms with Crippen molar-refractivity contribution < 1.29 is 63.3 Å². The summed E-state index contributed by atoms with van der Waals surface area (Å²) in [7, 11) is 0. The number of carboxylic acid groups (broad SMARTS) is 1. The van der Waals surface area contributed by atoms with Crippen LogP contribution in [0.15, 0.2) is 37.2 Å². The van der Waals surface area contributed by atoms with Crippen molar-refractivity contribution in [3.63, 3.8) is 0 Å². The molecule has 0 aromatic carbocycles. The number of nitrogens with two attached hydrogens (primary N) is 1. The van der Waals surface area contributed by atoms with Crippen LogP contribution in [-0.4, -0.2) is 190 Å². The van der Waals surface area contributed by atoms with E-state index in [2.05, 4.69) is 84.8 Å². The Bertz CT molecular complexity index is 3550. The molecule has 0 bridgehead atoms. The monoisotopic (exact) mass is 1520 g/mol. The van der Waals surface area contributed by atoms with Gasteiger partial charge in [0.2, 0.25) is 35.4 Å². The van der Waals surface area contributed by atoms with Crippen molar-refractivity contribution in [3.8, 4) is 0 Å². The summed E-state index contributed by atoms with van der Waals surface area (Å²) in [5, 5.41) is 51.1. The number of fused-ring (bicyclic) bond motifs is 2. The zero-order valence-electron chi connectivity index (χ0n) is 65.9. The first-order valence-corrected chi connectivity index (χ1v) is 40.1. The molecule has 600 valence electrons. The van der Waals surface area contributed by atoms with Crippen LogP contribution >= 0.6 is 12.4 Å². The fourth-order valence-electron chi connectivity index (χ4n) is 20.0. The first-order chi connectivity index (χ1) is 50.5. The van der Waals surface area contributed by atoms with Crippen LogP contribution in [0.2, 0.25) is 0 Å². The molecule has 10 fully saturated rings. The number of carboxylic acids is 1. The van der Waals surface area contributed by atoms with Gasteiger partial charge in [0.25, 0.3) is 17.7 Å². The molecular weight excluding hydrogens is 1400 g/mol. The molecule has 12 rings (SSSR count). The van der Waals surface area contributed by atoms with Crippen LogP contribution in [-0.2, 0) is 38.4 Å². The highest BCUT2D eigenvalue weighted by Gasteiger charge is 2.86. The lowest BCUT2D eigenvalue weighted by Crippen LogP contribution is -2.62. The van der Waals surface area contributed by atoms with E-state index in [-0.39, 0.29) is 110 Å². The number of nitrogens with one attached hydrogen (secondary N) is 7. The Morgan fingerprint density at radius 2 is 0.898 bits per heavy atom. The zero-order valence-corrected chi connectivity index (χ0v) is 66.8. The van der Waals surface area contributed by atoms with Gasteiger partial charge in [-0.1, -0.05) is 147 Å². The molecule has 8 aliphatic carbocycles. The molecule has 2 aromatic rings. The van der Waals surface area contributed by atoms with Gasteiger partial charge in [0, 0.05) is 60.8 Å². The number of halogens is 1. The first kappa shape index (κ1) is 85.0. The van der Waals surface area contributed by atoms with E-state index < -0.39 is 101 Å². The average Bonchev–Trinajstić information content (AvgIpc) is 1.46. The third-order valence-electron chi connectivity index (χ3n) is 27.3. The molecule has 28 heteroatoms. The van der Waals surface area contributed by atoms with Gasteiger partial charge in [0.05, 0.1) is 30.5 Å². The normalized spacial score (nSPS) is 26.3. The topological polar surface area (TPSA) is 400 Å². The van der Waals surface area contributed by atoms with Crippen LogP contribution in [0.3, 0.4) is 0 Å². The zero-order chi connectivity index (χ0) is 78.0. The third kappa shape index (κ3) is 17.2. The Hall–Kier alpha value is -6.97. The Kier molecular flexibility index (Phi) is 26.7. The Morgan fingerprint density at radius 3 is 1.22 bits per heavy atom. The molecule has 2 aromatic heterocycles. The molecular formula is C80H125ClN14O13. The molecule has 12 atom stereocenters. The summed E-state index contributed by atoms with van der Waals surface area (Å²) in [5.74, 6) is -4.60. The second-order valence-electron chi connectivity index (χ2n) is 36.3. The van der Waals surface area contributed by atoms with Gasteiger partial charge in [-0.25, -0.2) is 14.8 Å². The lowest BCUT2D eigenvalue weighted by Gasteiger charge is -2.38. The smallest absolute Gasteiger partial charge is 0.356 e. The van der Waals surface area contributed by atoms with Gasteiger partial charge in [-0.15, -0.1) is 12.4 Å². The van der Waals surface area contributed by atoms with E-state index in [9.17, 15) is 53.4 Å². The molecule has 27 nitrogen and oxygen atoms in total. The van der Waals surface area contributed by atoms with Crippen molar-refractivity contribution in [3.05, 3.63) is 48.6 Å². The summed E-state index contributed by atoms with van der Waals surface area (Å²) in [6.45, 7) is 25.3. The number of aromatic nitrogens is 4. The quantitative estimate of drug-likeness (QED) is 0.0470. The van der Waals surface area contributed by atoms with Gasteiger partial charge in [0.15, 0.2) is 17.9 Å². The predicted molar refractivity (Wildman–Crippen MR) is 407 cm³/mol. The molecule has 2 aliphatic heterocycles. The van der Waals surface area contributed by atoms with E-state index in [0.717, 1.165) is 128 Å².